The van der Waals surface area contributed by atoms with Gasteiger partial charge in [0.05, 0.1) is 6.33 Å². The van der Waals surface area contributed by atoms with Crippen LogP contribution in [0.25, 0.3) is 0 Å². The average molecular weight is 279 g/mol. The van der Waals surface area contributed by atoms with Crippen molar-refractivity contribution in [2.75, 3.05) is 6.54 Å². The van der Waals surface area contributed by atoms with Crippen LogP contribution in [0.15, 0.2) is 12.5 Å². The Hall–Kier alpha value is -1.27. The molecule has 1 heterocycles. The summed E-state index contributed by atoms with van der Waals surface area (Å²) in [5.41, 5.74) is 0.817. The van der Waals surface area contributed by atoms with Crippen LogP contribution in [-0.4, -0.2) is 44.7 Å². The van der Waals surface area contributed by atoms with E-state index in [0.717, 1.165) is 5.69 Å². The molecule has 0 radical (unpaired) electrons. The maximum Gasteiger partial charge on any atom is 0.332 e. The molecular weight excluding hydrogens is 267 g/mol. The molecule has 0 aliphatic carbocycles. The zero-order valence-electron chi connectivity index (χ0n) is 8.51. The fourth-order valence-electron chi connectivity index (χ4n) is 1.05. The normalized spacial score (nSPS) is 9.81. The summed E-state index contributed by atoms with van der Waals surface area (Å²) in [5, 5.41) is 19.5. The molecule has 1 aromatic rings. The Morgan fingerprint density at radius 3 is 2.50 bits per heavy atom. The van der Waals surface area contributed by atoms with Crippen LogP contribution >= 0.6 is 0 Å². The molecule has 0 aliphatic heterocycles. The van der Waals surface area contributed by atoms with Crippen LogP contribution < -0.4 is 5.32 Å². The van der Waals surface area contributed by atoms with Gasteiger partial charge in [0.25, 0.3) is 0 Å². The molecule has 0 aromatic carbocycles. The van der Waals surface area contributed by atoms with E-state index >= 15 is 0 Å². The number of hydrogen-bond donors (Lipinski definition) is 4. The number of rotatable bonds is 6. The van der Waals surface area contributed by atoms with Gasteiger partial charge in [-0.25, -0.2) is 14.6 Å². The van der Waals surface area contributed by atoms with Crippen molar-refractivity contribution in [3.8, 4) is 0 Å². The first-order chi connectivity index (χ1) is 7.11. The van der Waals surface area contributed by atoms with Crippen molar-refractivity contribution in [2.24, 2.45) is 0 Å². The first-order valence-corrected chi connectivity index (χ1v) is 4.27. The van der Waals surface area contributed by atoms with Gasteiger partial charge in [-0.15, -0.1) is 0 Å². The number of carbonyl (C=O) groups is 2. The first kappa shape index (κ1) is 14.7. The second kappa shape index (κ2) is 7.08. The molecule has 0 saturated carbocycles. The number of H-pyrrole nitrogens is 1. The molecule has 8 heteroatoms. The van der Waals surface area contributed by atoms with Gasteiger partial charge in [0, 0.05) is 44.3 Å². The second-order valence-corrected chi connectivity index (χ2v) is 2.89. The average Bonchev–Trinajstić information content (AvgIpc) is 2.63. The van der Waals surface area contributed by atoms with Crippen LogP contribution in [-0.2, 0) is 35.5 Å². The fraction of sp³-hybridized carbons (Fsp3) is 0.375. The summed E-state index contributed by atoms with van der Waals surface area (Å²) < 4.78 is 0. The Bertz CT molecular complexity index is 327. The summed E-state index contributed by atoms with van der Waals surface area (Å²) in [6, 6.07) is -1.56. The smallest absolute Gasteiger partial charge is 0.332 e. The molecule has 0 amide bonds. The quantitative estimate of drug-likeness (QED) is 0.395. The number of aromatic nitrogens is 2. The van der Waals surface area contributed by atoms with E-state index in [1.54, 1.807) is 6.20 Å². The maximum absolute atomic E-state index is 10.5. The Morgan fingerprint density at radius 2 is 2.06 bits per heavy atom. The van der Waals surface area contributed by atoms with Crippen LogP contribution in [0.1, 0.15) is 5.69 Å². The molecule has 0 aliphatic rings. The van der Waals surface area contributed by atoms with E-state index in [-0.39, 0.29) is 26.0 Å². The van der Waals surface area contributed by atoms with E-state index in [4.69, 9.17) is 10.2 Å². The van der Waals surface area contributed by atoms with Gasteiger partial charge in [-0.1, -0.05) is 0 Å². The molecule has 1 aromatic heterocycles. The number of hydrogen-bond acceptors (Lipinski definition) is 4. The van der Waals surface area contributed by atoms with Crippen LogP contribution in [0.4, 0.5) is 0 Å². The summed E-state index contributed by atoms with van der Waals surface area (Å²) >= 11 is 0. The van der Waals surface area contributed by atoms with Crippen LogP contribution in [0.2, 0.25) is 0 Å². The van der Waals surface area contributed by atoms with Crippen molar-refractivity contribution in [3.63, 3.8) is 0 Å². The summed E-state index contributed by atoms with van der Waals surface area (Å²) in [6.07, 6.45) is 3.59. The maximum atomic E-state index is 10.5. The Labute approximate surface area is 104 Å². The summed E-state index contributed by atoms with van der Waals surface area (Å²) in [4.78, 5) is 27.5. The van der Waals surface area contributed by atoms with Crippen LogP contribution in [0.3, 0.4) is 0 Å². The number of imidazole rings is 1. The van der Waals surface area contributed by atoms with Crippen LogP contribution in [0.5, 0.6) is 0 Å². The van der Waals surface area contributed by atoms with Gasteiger partial charge in [-0.2, -0.15) is 0 Å². The molecular formula is C8H11N3O4Zn. The predicted octanol–water partition coefficient (Wildman–Crippen LogP) is -0.923. The molecule has 0 spiro atoms. The number of nitrogens with one attached hydrogen (secondary N) is 2. The van der Waals surface area contributed by atoms with E-state index in [0.29, 0.717) is 6.42 Å². The Kier molecular flexibility index (Phi) is 6.52. The minimum absolute atomic E-state index is 0. The largest absolute Gasteiger partial charge is 0.480 e. The molecule has 7 nitrogen and oxygen atoms in total. The number of nitrogens with zero attached hydrogens (tertiary/aromatic N) is 1. The van der Waals surface area contributed by atoms with Crippen molar-refractivity contribution < 1.29 is 39.3 Å². The van der Waals surface area contributed by atoms with E-state index in [2.05, 4.69) is 15.3 Å². The zero-order valence-corrected chi connectivity index (χ0v) is 11.5. The zero-order chi connectivity index (χ0) is 11.3. The standard InChI is InChI=1S/C8H11N3O4.Zn/c12-7(13)6(8(14)15)10-2-1-5-3-9-4-11-5;/h3-4,6,10H,1-2H2,(H,9,11)(H,12,13)(H,14,15);. The van der Waals surface area contributed by atoms with Gasteiger partial charge in [-0.05, 0) is 0 Å². The van der Waals surface area contributed by atoms with Gasteiger partial charge in [0.15, 0.2) is 0 Å². The molecule has 0 fully saturated rings. The van der Waals surface area contributed by atoms with Crippen LogP contribution in [0, 0.1) is 0 Å². The van der Waals surface area contributed by atoms with Crippen molar-refractivity contribution in [3.05, 3.63) is 18.2 Å². The molecule has 0 saturated heterocycles. The van der Waals surface area contributed by atoms with Gasteiger partial charge in [0.1, 0.15) is 0 Å². The minimum atomic E-state index is -1.56. The SMILES string of the molecule is O=C(O)C(NCCc1cnc[nH]1)C(=O)O.[Zn]. The molecule has 0 bridgehead atoms. The summed E-state index contributed by atoms with van der Waals surface area (Å²) in [7, 11) is 0. The monoisotopic (exact) mass is 277 g/mol. The second-order valence-electron chi connectivity index (χ2n) is 2.89. The first-order valence-electron chi connectivity index (χ1n) is 4.27. The van der Waals surface area contributed by atoms with Crippen molar-refractivity contribution in [1.82, 2.24) is 15.3 Å². The predicted molar refractivity (Wildman–Crippen MR) is 49.4 cm³/mol. The Morgan fingerprint density at radius 1 is 1.44 bits per heavy atom. The molecule has 1 rings (SSSR count). The van der Waals surface area contributed by atoms with Crippen molar-refractivity contribution >= 4 is 11.9 Å². The third-order valence-corrected chi connectivity index (χ3v) is 1.79. The number of carboxylic acid groups (broad SMARTS) is 2. The van der Waals surface area contributed by atoms with Gasteiger partial charge in [-0.3, -0.25) is 5.32 Å². The molecule has 84 valence electrons. The van der Waals surface area contributed by atoms with E-state index in [1.807, 2.05) is 0 Å². The molecule has 0 atom stereocenters. The number of aromatic amines is 1. The fourth-order valence-corrected chi connectivity index (χ4v) is 1.05. The van der Waals surface area contributed by atoms with Crippen molar-refractivity contribution in [2.45, 2.75) is 12.5 Å². The summed E-state index contributed by atoms with van der Waals surface area (Å²) in [6.45, 7) is 0.255. The Balaban J connectivity index is 0.00000225. The minimum Gasteiger partial charge on any atom is -0.480 e. The van der Waals surface area contributed by atoms with Gasteiger partial charge >= 0.3 is 11.9 Å². The van der Waals surface area contributed by atoms with Gasteiger partial charge in [0.2, 0.25) is 6.04 Å². The van der Waals surface area contributed by atoms with E-state index in [9.17, 15) is 9.59 Å². The molecule has 4 N–H and O–H groups in total. The molecule has 0 unspecified atom stereocenters. The third kappa shape index (κ3) is 4.50. The number of carboxylic acids is 2. The summed E-state index contributed by atoms with van der Waals surface area (Å²) in [5.74, 6) is -2.79. The number of aliphatic carboxylic acids is 2. The topological polar surface area (TPSA) is 115 Å². The van der Waals surface area contributed by atoms with E-state index in [1.165, 1.54) is 6.33 Å². The van der Waals surface area contributed by atoms with Gasteiger partial charge < -0.3 is 15.2 Å². The third-order valence-electron chi connectivity index (χ3n) is 1.79. The molecule has 16 heavy (non-hydrogen) atoms. The van der Waals surface area contributed by atoms with Crippen molar-refractivity contribution in [1.29, 1.82) is 0 Å². The van der Waals surface area contributed by atoms with E-state index < -0.39 is 18.0 Å².